The van der Waals surface area contributed by atoms with E-state index in [0.717, 1.165) is 0 Å². The van der Waals surface area contributed by atoms with E-state index in [2.05, 4.69) is 18.3 Å². The van der Waals surface area contributed by atoms with Crippen molar-refractivity contribution in [1.29, 1.82) is 0 Å². The summed E-state index contributed by atoms with van der Waals surface area (Å²) in [6.45, 7) is 8.36. The predicted molar refractivity (Wildman–Crippen MR) is 31.3 cm³/mol. The fourth-order valence-electron chi connectivity index (χ4n) is 0. The van der Waals surface area contributed by atoms with Gasteiger partial charge in [0.2, 0.25) is 0 Å². The zero-order chi connectivity index (χ0) is 5.41. The van der Waals surface area contributed by atoms with Crippen LogP contribution < -0.4 is 0 Å². The Labute approximate surface area is 39.4 Å². The molecule has 0 aliphatic rings. The second-order valence-corrected chi connectivity index (χ2v) is 0.724. The molecule has 6 heavy (non-hydrogen) atoms. The van der Waals surface area contributed by atoms with Gasteiger partial charge in [0.1, 0.15) is 0 Å². The summed E-state index contributed by atoms with van der Waals surface area (Å²) in [6, 6.07) is 0. The Hall–Kier alpha value is -0.590. The van der Waals surface area contributed by atoms with Crippen LogP contribution in [0.15, 0.2) is 17.6 Å². The standard InChI is InChI=1S/C3H6.C2H5N/c2*1-3-2/h3H,1H2,2H3;1H2,2H3. The first-order chi connectivity index (χ1) is 2.83. The van der Waals surface area contributed by atoms with Gasteiger partial charge in [-0.3, -0.25) is 0 Å². The molecule has 0 radical (unpaired) electrons. The highest BCUT2D eigenvalue weighted by atomic mass is 14.6. The van der Waals surface area contributed by atoms with Crippen LogP contribution in [0.1, 0.15) is 6.92 Å². The van der Waals surface area contributed by atoms with Crippen molar-refractivity contribution in [1.82, 2.24) is 0 Å². The Kier molecular flexibility index (Phi) is 38.9. The van der Waals surface area contributed by atoms with Crippen LogP contribution >= 0.6 is 0 Å². The largest absolute Gasteiger partial charge is 0.304 e. The molecule has 0 aromatic carbocycles. The van der Waals surface area contributed by atoms with Crippen molar-refractivity contribution >= 4 is 6.72 Å². The first kappa shape index (κ1) is 9.05. The van der Waals surface area contributed by atoms with Crippen LogP contribution in [-0.2, 0) is 0 Å². The molecule has 0 heterocycles. The summed E-state index contributed by atoms with van der Waals surface area (Å²) in [5.41, 5.74) is 0. The van der Waals surface area contributed by atoms with Gasteiger partial charge < -0.3 is 4.99 Å². The van der Waals surface area contributed by atoms with E-state index in [4.69, 9.17) is 0 Å². The van der Waals surface area contributed by atoms with Crippen molar-refractivity contribution in [2.45, 2.75) is 6.92 Å². The molecule has 0 saturated carbocycles. The zero-order valence-electron chi connectivity index (χ0n) is 4.44. The number of hydrogen-bond acceptors (Lipinski definition) is 1. The molecule has 0 fully saturated rings. The summed E-state index contributed by atoms with van der Waals surface area (Å²) in [6.07, 6.45) is 1.75. The lowest BCUT2D eigenvalue weighted by Gasteiger charge is -1.38. The molecule has 0 unspecified atom stereocenters. The molecule has 1 nitrogen and oxygen atoms in total. The van der Waals surface area contributed by atoms with Crippen LogP contribution in [-0.4, -0.2) is 13.8 Å². The Bertz CT molecular complexity index is 24.9. The average molecular weight is 85.1 g/mol. The SMILES string of the molecule is C=CC.C=NC. The van der Waals surface area contributed by atoms with Gasteiger partial charge in [-0.25, -0.2) is 0 Å². The van der Waals surface area contributed by atoms with Crippen LogP contribution in [0.5, 0.6) is 0 Å². The second kappa shape index (κ2) is 25.8. The summed E-state index contributed by atoms with van der Waals surface area (Å²) < 4.78 is 0. The Balaban J connectivity index is 0. The monoisotopic (exact) mass is 85.1 g/mol. The van der Waals surface area contributed by atoms with Gasteiger partial charge in [-0.1, -0.05) is 6.08 Å². The van der Waals surface area contributed by atoms with Crippen molar-refractivity contribution in [3.8, 4) is 0 Å². The number of aliphatic imine (C=N–C) groups is 1. The molecule has 0 aromatic heterocycles. The molecule has 36 valence electrons. The second-order valence-electron chi connectivity index (χ2n) is 0.724. The molecule has 0 N–H and O–H groups in total. The van der Waals surface area contributed by atoms with Gasteiger partial charge in [0.15, 0.2) is 0 Å². The van der Waals surface area contributed by atoms with Crippen LogP contribution in [0, 0.1) is 0 Å². The maximum absolute atomic E-state index is 3.36. The lowest BCUT2D eigenvalue weighted by atomic mass is 10.8. The van der Waals surface area contributed by atoms with Crippen molar-refractivity contribution in [2.75, 3.05) is 7.05 Å². The molecule has 0 saturated heterocycles. The third-order valence-corrected chi connectivity index (χ3v) is 0. The molecule has 0 rings (SSSR count). The molecule has 0 atom stereocenters. The Morgan fingerprint density at radius 3 is 1.67 bits per heavy atom. The van der Waals surface area contributed by atoms with Crippen LogP contribution in [0.4, 0.5) is 0 Å². The molecule has 0 amide bonds. The highest BCUT2D eigenvalue weighted by molar-refractivity contribution is 5.22. The van der Waals surface area contributed by atoms with Crippen molar-refractivity contribution < 1.29 is 0 Å². The van der Waals surface area contributed by atoms with Crippen LogP contribution in [0.3, 0.4) is 0 Å². The lowest BCUT2D eigenvalue weighted by Crippen LogP contribution is -1.26. The molecule has 0 aliphatic carbocycles. The molecule has 0 spiro atoms. The quantitative estimate of drug-likeness (QED) is 0.312. The van der Waals surface area contributed by atoms with Crippen molar-refractivity contribution in [2.24, 2.45) is 4.99 Å². The van der Waals surface area contributed by atoms with E-state index in [1.165, 1.54) is 0 Å². The van der Waals surface area contributed by atoms with Crippen LogP contribution in [0.2, 0.25) is 0 Å². The first-order valence-electron chi connectivity index (χ1n) is 1.75. The van der Waals surface area contributed by atoms with Gasteiger partial charge in [0.25, 0.3) is 0 Å². The van der Waals surface area contributed by atoms with E-state index in [0.29, 0.717) is 0 Å². The predicted octanol–water partition coefficient (Wildman–Crippen LogP) is 1.51. The van der Waals surface area contributed by atoms with Gasteiger partial charge in [0.05, 0.1) is 0 Å². The maximum atomic E-state index is 3.36. The van der Waals surface area contributed by atoms with E-state index in [9.17, 15) is 0 Å². The summed E-state index contributed by atoms with van der Waals surface area (Å²) in [7, 11) is 1.64. The first-order valence-corrected chi connectivity index (χ1v) is 1.75. The highest BCUT2D eigenvalue weighted by Gasteiger charge is 1.15. The minimum Gasteiger partial charge on any atom is -0.304 e. The van der Waals surface area contributed by atoms with Gasteiger partial charge in [-0.2, -0.15) is 0 Å². The third-order valence-electron chi connectivity index (χ3n) is 0. The third kappa shape index (κ3) is 56.9. The number of hydrogen-bond donors (Lipinski definition) is 0. The molecule has 0 aromatic rings. The zero-order valence-corrected chi connectivity index (χ0v) is 4.44. The van der Waals surface area contributed by atoms with Gasteiger partial charge in [-0.15, -0.1) is 6.58 Å². The molecule has 1 heteroatoms. The smallest absolute Gasteiger partial charge is 0.0269 e. The van der Waals surface area contributed by atoms with Crippen LogP contribution in [0.25, 0.3) is 0 Å². The molecule has 0 bridgehead atoms. The van der Waals surface area contributed by atoms with Crippen molar-refractivity contribution in [3.05, 3.63) is 12.7 Å². The minimum absolute atomic E-state index is 1.64. The van der Waals surface area contributed by atoms with E-state index in [-0.39, 0.29) is 0 Å². The Morgan fingerprint density at radius 1 is 1.67 bits per heavy atom. The summed E-state index contributed by atoms with van der Waals surface area (Å²) in [5.74, 6) is 0. The van der Waals surface area contributed by atoms with E-state index in [1.807, 2.05) is 6.92 Å². The number of allylic oxidation sites excluding steroid dienone is 1. The fraction of sp³-hybridized carbons (Fsp3) is 0.400. The maximum Gasteiger partial charge on any atom is 0.0269 e. The lowest BCUT2D eigenvalue weighted by molar-refractivity contribution is 1.49. The number of nitrogens with zero attached hydrogens (tertiary/aromatic N) is 1. The van der Waals surface area contributed by atoms with E-state index < -0.39 is 0 Å². The summed E-state index contributed by atoms with van der Waals surface area (Å²) >= 11 is 0. The molecule has 0 aliphatic heterocycles. The summed E-state index contributed by atoms with van der Waals surface area (Å²) in [5, 5.41) is 0. The highest BCUT2D eigenvalue weighted by Crippen LogP contribution is 1.38. The molecular formula is C5H11N. The van der Waals surface area contributed by atoms with Gasteiger partial charge >= 0.3 is 0 Å². The molecular weight excluding hydrogens is 74.1 g/mol. The number of rotatable bonds is 0. The average Bonchev–Trinajstić information content (AvgIpc) is 1.39. The van der Waals surface area contributed by atoms with E-state index in [1.54, 1.807) is 13.1 Å². The fourth-order valence-corrected chi connectivity index (χ4v) is 0. The van der Waals surface area contributed by atoms with Crippen molar-refractivity contribution in [3.63, 3.8) is 0 Å². The van der Waals surface area contributed by atoms with Gasteiger partial charge in [-0.05, 0) is 13.6 Å². The van der Waals surface area contributed by atoms with E-state index >= 15 is 0 Å². The topological polar surface area (TPSA) is 12.4 Å². The van der Waals surface area contributed by atoms with Gasteiger partial charge in [0, 0.05) is 7.05 Å². The Morgan fingerprint density at radius 2 is 1.67 bits per heavy atom. The summed E-state index contributed by atoms with van der Waals surface area (Å²) in [4.78, 5) is 3.25. The normalized spacial score (nSPS) is 4.33. The minimum atomic E-state index is 1.64.